The van der Waals surface area contributed by atoms with Gasteiger partial charge >= 0.3 is 0 Å². The van der Waals surface area contributed by atoms with E-state index >= 15 is 0 Å². The van der Waals surface area contributed by atoms with Crippen LogP contribution in [0, 0.1) is 11.3 Å². The Morgan fingerprint density at radius 1 is 1.15 bits per heavy atom. The van der Waals surface area contributed by atoms with Crippen molar-refractivity contribution < 1.29 is 0 Å². The molecule has 5 heteroatoms. The first-order chi connectivity index (χ1) is 9.46. The van der Waals surface area contributed by atoms with E-state index in [-0.39, 0.29) is 0 Å². The summed E-state index contributed by atoms with van der Waals surface area (Å²) in [5.41, 5.74) is 0.589. The minimum absolute atomic E-state index is 0.553. The zero-order valence-corrected chi connectivity index (χ0v) is 13.7. The van der Waals surface area contributed by atoms with E-state index in [4.69, 9.17) is 23.2 Å². The van der Waals surface area contributed by atoms with E-state index in [2.05, 4.69) is 27.3 Å². The van der Waals surface area contributed by atoms with Crippen molar-refractivity contribution in [2.75, 3.05) is 5.32 Å². The lowest BCUT2D eigenvalue weighted by Crippen LogP contribution is -2.30. The van der Waals surface area contributed by atoms with Gasteiger partial charge in [0.25, 0.3) is 0 Å². The maximum Gasteiger partial charge on any atom is 0.149 e. The molecule has 0 aliphatic carbocycles. The third-order valence-electron chi connectivity index (χ3n) is 2.95. The molecule has 0 fully saturated rings. The molecule has 2 aromatic carbocycles. The molecule has 0 aliphatic heterocycles. The SMILES string of the molecule is CC(C#N)(Nc1ccc(Cl)c(Br)c1)c1ccccc1Cl. The fourth-order valence-corrected chi connectivity index (χ4v) is 2.71. The van der Waals surface area contributed by atoms with Crippen LogP contribution in [0.25, 0.3) is 0 Å². The van der Waals surface area contributed by atoms with Crippen molar-refractivity contribution in [1.29, 1.82) is 5.26 Å². The molecule has 0 heterocycles. The number of anilines is 1. The highest BCUT2D eigenvalue weighted by Gasteiger charge is 2.28. The molecule has 0 radical (unpaired) electrons. The lowest BCUT2D eigenvalue weighted by atomic mass is 9.93. The van der Waals surface area contributed by atoms with Crippen molar-refractivity contribution in [3.05, 3.63) is 62.5 Å². The predicted molar refractivity (Wildman–Crippen MR) is 87.2 cm³/mol. The quantitative estimate of drug-likeness (QED) is 0.763. The van der Waals surface area contributed by atoms with Crippen LogP contribution in [0.3, 0.4) is 0 Å². The summed E-state index contributed by atoms with van der Waals surface area (Å²) in [7, 11) is 0. The summed E-state index contributed by atoms with van der Waals surface area (Å²) in [4.78, 5) is 0. The molecule has 0 aliphatic rings. The Hall–Kier alpha value is -1.21. The maximum atomic E-state index is 9.54. The molecule has 0 bridgehead atoms. The third kappa shape index (κ3) is 3.09. The summed E-state index contributed by atoms with van der Waals surface area (Å²) in [5.74, 6) is 0. The summed E-state index contributed by atoms with van der Waals surface area (Å²) in [5, 5.41) is 13.9. The highest BCUT2D eigenvalue weighted by Crippen LogP contribution is 2.33. The van der Waals surface area contributed by atoms with Crippen LogP contribution in [0.15, 0.2) is 46.9 Å². The molecule has 1 N–H and O–H groups in total. The van der Waals surface area contributed by atoms with Gasteiger partial charge in [-0.2, -0.15) is 5.26 Å². The lowest BCUT2D eigenvalue weighted by molar-refractivity contribution is 0.707. The molecule has 0 saturated carbocycles. The van der Waals surface area contributed by atoms with E-state index in [1.165, 1.54) is 0 Å². The molecule has 2 aromatic rings. The summed E-state index contributed by atoms with van der Waals surface area (Å²) in [6.45, 7) is 1.79. The van der Waals surface area contributed by atoms with Crippen molar-refractivity contribution >= 4 is 44.8 Å². The second-order valence-electron chi connectivity index (χ2n) is 4.47. The van der Waals surface area contributed by atoms with Gasteiger partial charge in [0, 0.05) is 20.7 Å². The Kier molecular flexibility index (Phi) is 4.59. The molecule has 102 valence electrons. The fourth-order valence-electron chi connectivity index (χ4n) is 1.88. The van der Waals surface area contributed by atoms with E-state index in [9.17, 15) is 5.26 Å². The first kappa shape index (κ1) is 15.2. The molecule has 20 heavy (non-hydrogen) atoms. The average Bonchev–Trinajstić information content (AvgIpc) is 2.43. The van der Waals surface area contributed by atoms with E-state index in [1.807, 2.05) is 30.3 Å². The van der Waals surface area contributed by atoms with Gasteiger partial charge in [-0.3, -0.25) is 0 Å². The maximum absolute atomic E-state index is 9.54. The molecule has 2 nitrogen and oxygen atoms in total. The molecule has 2 rings (SSSR count). The molecular formula is C15H11BrCl2N2. The van der Waals surface area contributed by atoms with Gasteiger partial charge in [-0.15, -0.1) is 0 Å². The normalized spacial score (nSPS) is 13.3. The van der Waals surface area contributed by atoms with Gasteiger partial charge in [-0.25, -0.2) is 0 Å². The van der Waals surface area contributed by atoms with Crippen LogP contribution in [0.4, 0.5) is 5.69 Å². The Labute approximate surface area is 136 Å². The number of hydrogen-bond acceptors (Lipinski definition) is 2. The van der Waals surface area contributed by atoms with Crippen LogP contribution in [0.5, 0.6) is 0 Å². The van der Waals surface area contributed by atoms with Gasteiger partial charge in [-0.05, 0) is 47.1 Å². The molecule has 0 spiro atoms. The smallest absolute Gasteiger partial charge is 0.149 e. The Morgan fingerprint density at radius 3 is 2.45 bits per heavy atom. The molecule has 1 unspecified atom stereocenters. The van der Waals surface area contributed by atoms with Crippen molar-refractivity contribution in [3.63, 3.8) is 0 Å². The van der Waals surface area contributed by atoms with Crippen LogP contribution in [0.1, 0.15) is 12.5 Å². The van der Waals surface area contributed by atoms with E-state index < -0.39 is 5.54 Å². The average molecular weight is 370 g/mol. The summed E-state index contributed by atoms with van der Waals surface area (Å²) in [6.07, 6.45) is 0. The summed E-state index contributed by atoms with van der Waals surface area (Å²) >= 11 is 15.5. The molecule has 0 saturated heterocycles. The fraction of sp³-hybridized carbons (Fsp3) is 0.133. The summed E-state index contributed by atoms with van der Waals surface area (Å²) in [6, 6.07) is 15.0. The van der Waals surface area contributed by atoms with Gasteiger partial charge in [0.15, 0.2) is 0 Å². The Morgan fingerprint density at radius 2 is 1.85 bits per heavy atom. The molecule has 0 aromatic heterocycles. The van der Waals surface area contributed by atoms with Crippen LogP contribution in [-0.4, -0.2) is 0 Å². The molecule has 1 atom stereocenters. The zero-order chi connectivity index (χ0) is 14.8. The number of nitrogens with one attached hydrogen (secondary N) is 1. The second kappa shape index (κ2) is 6.05. The standard InChI is InChI=1S/C15H11BrCl2N2/c1-15(9-19,11-4-2-3-5-13(11)17)20-10-6-7-14(18)12(16)8-10/h2-8,20H,1H3. The number of halogens is 3. The Balaban J connectivity index is 2.40. The number of nitriles is 1. The largest absolute Gasteiger partial charge is 0.364 e. The van der Waals surface area contributed by atoms with Crippen LogP contribution < -0.4 is 5.32 Å². The molecule has 0 amide bonds. The molecular weight excluding hydrogens is 359 g/mol. The van der Waals surface area contributed by atoms with E-state index in [0.717, 1.165) is 15.7 Å². The monoisotopic (exact) mass is 368 g/mol. The van der Waals surface area contributed by atoms with E-state index in [0.29, 0.717) is 10.0 Å². The van der Waals surface area contributed by atoms with Gasteiger partial charge < -0.3 is 5.32 Å². The second-order valence-corrected chi connectivity index (χ2v) is 6.14. The summed E-state index contributed by atoms with van der Waals surface area (Å²) < 4.78 is 0.767. The van der Waals surface area contributed by atoms with Crippen LogP contribution >= 0.6 is 39.1 Å². The minimum atomic E-state index is -0.925. The van der Waals surface area contributed by atoms with Crippen molar-refractivity contribution in [2.24, 2.45) is 0 Å². The van der Waals surface area contributed by atoms with Gasteiger partial charge in [0.1, 0.15) is 5.54 Å². The first-order valence-corrected chi connectivity index (χ1v) is 7.40. The van der Waals surface area contributed by atoms with Gasteiger partial charge in [0.2, 0.25) is 0 Å². The number of hydrogen-bond donors (Lipinski definition) is 1. The van der Waals surface area contributed by atoms with Gasteiger partial charge in [-0.1, -0.05) is 41.4 Å². The third-order valence-corrected chi connectivity index (χ3v) is 4.49. The van der Waals surface area contributed by atoms with Gasteiger partial charge in [0.05, 0.1) is 11.1 Å². The number of nitrogens with zero attached hydrogens (tertiary/aromatic N) is 1. The van der Waals surface area contributed by atoms with Crippen molar-refractivity contribution in [2.45, 2.75) is 12.5 Å². The van der Waals surface area contributed by atoms with Crippen LogP contribution in [0.2, 0.25) is 10.0 Å². The van der Waals surface area contributed by atoms with Crippen molar-refractivity contribution in [3.8, 4) is 6.07 Å². The number of benzene rings is 2. The van der Waals surface area contributed by atoms with E-state index in [1.54, 1.807) is 19.1 Å². The topological polar surface area (TPSA) is 35.8 Å². The highest BCUT2D eigenvalue weighted by molar-refractivity contribution is 9.10. The first-order valence-electron chi connectivity index (χ1n) is 5.86. The van der Waals surface area contributed by atoms with Crippen LogP contribution in [-0.2, 0) is 5.54 Å². The predicted octanol–water partition coefficient (Wildman–Crippen LogP) is 5.61. The minimum Gasteiger partial charge on any atom is -0.364 e. The zero-order valence-electron chi connectivity index (χ0n) is 10.6. The van der Waals surface area contributed by atoms with Crippen molar-refractivity contribution in [1.82, 2.24) is 0 Å². The number of rotatable bonds is 3. The Bertz CT molecular complexity index is 682. The lowest BCUT2D eigenvalue weighted by Gasteiger charge is -2.26. The highest BCUT2D eigenvalue weighted by atomic mass is 79.9.